The number of hydrogen-bond donors (Lipinski definition) is 1. The smallest absolute Gasteiger partial charge is 0.0683 e. The molecule has 0 aromatic heterocycles. The summed E-state index contributed by atoms with van der Waals surface area (Å²) in [6, 6.07) is 2.79. The Kier molecular flexibility index (Phi) is 9.05. The Labute approximate surface area is 113 Å². The van der Waals surface area contributed by atoms with Crippen LogP contribution in [0.2, 0.25) is 0 Å². The summed E-state index contributed by atoms with van der Waals surface area (Å²) in [6.07, 6.45) is 3.20. The maximum Gasteiger partial charge on any atom is 0.0683 e. The number of ether oxygens (including phenoxy) is 1. The van der Waals surface area contributed by atoms with E-state index >= 15 is 0 Å². The van der Waals surface area contributed by atoms with Crippen LogP contribution >= 0.6 is 0 Å². The van der Waals surface area contributed by atoms with Crippen LogP contribution in [-0.2, 0) is 4.74 Å². The third-order valence-corrected chi connectivity index (χ3v) is 3.24. The molecule has 0 rings (SSSR count). The number of nitrogens with one attached hydrogen (secondary N) is 1. The van der Waals surface area contributed by atoms with E-state index in [9.17, 15) is 0 Å². The summed E-state index contributed by atoms with van der Waals surface area (Å²) in [5.41, 5.74) is -0.178. The van der Waals surface area contributed by atoms with Crippen LogP contribution in [0.1, 0.15) is 53.9 Å². The molecular weight excluding hydrogens is 224 g/mol. The average Bonchev–Trinajstić information content (AvgIpc) is 2.32. The van der Waals surface area contributed by atoms with E-state index in [1.54, 1.807) is 0 Å². The Balaban J connectivity index is 3.71. The Morgan fingerprint density at radius 1 is 1.28 bits per heavy atom. The third kappa shape index (κ3) is 8.49. The SMILES string of the molecule is CCOCC(NCCCCC(C)(C)C#N)C(C)C. The molecule has 0 saturated carbocycles. The number of hydrogen-bond acceptors (Lipinski definition) is 3. The summed E-state index contributed by atoms with van der Waals surface area (Å²) in [5.74, 6) is 0.590. The maximum atomic E-state index is 8.93. The fraction of sp³-hybridized carbons (Fsp3) is 0.933. The topological polar surface area (TPSA) is 45.0 Å². The van der Waals surface area contributed by atoms with Gasteiger partial charge in [0.25, 0.3) is 0 Å². The second-order valence-electron chi connectivity index (χ2n) is 5.92. The predicted octanol–water partition coefficient (Wildman–Crippen LogP) is 3.36. The molecule has 1 unspecified atom stereocenters. The van der Waals surface area contributed by atoms with Crippen LogP contribution in [0.4, 0.5) is 0 Å². The molecule has 1 N–H and O–H groups in total. The van der Waals surface area contributed by atoms with Crippen molar-refractivity contribution in [1.29, 1.82) is 5.26 Å². The van der Waals surface area contributed by atoms with Crippen LogP contribution in [0.3, 0.4) is 0 Å². The summed E-state index contributed by atoms with van der Waals surface area (Å²) < 4.78 is 5.48. The molecule has 0 bridgehead atoms. The first-order chi connectivity index (χ1) is 8.43. The lowest BCUT2D eigenvalue weighted by Crippen LogP contribution is -2.38. The summed E-state index contributed by atoms with van der Waals surface area (Å²) >= 11 is 0. The van der Waals surface area contributed by atoms with Crippen molar-refractivity contribution in [3.05, 3.63) is 0 Å². The number of nitriles is 1. The zero-order valence-electron chi connectivity index (χ0n) is 12.8. The Morgan fingerprint density at radius 3 is 2.44 bits per heavy atom. The molecule has 0 fully saturated rings. The van der Waals surface area contributed by atoms with E-state index in [4.69, 9.17) is 10.00 Å². The summed E-state index contributed by atoms with van der Waals surface area (Å²) in [7, 11) is 0. The lowest BCUT2D eigenvalue weighted by molar-refractivity contribution is 0.108. The standard InChI is InChI=1S/C15H30N2O/c1-6-18-11-14(13(2)3)17-10-8-7-9-15(4,5)12-16/h13-14,17H,6-11H2,1-5H3. The fourth-order valence-corrected chi connectivity index (χ4v) is 1.77. The van der Waals surface area contributed by atoms with Gasteiger partial charge in [0.1, 0.15) is 0 Å². The highest BCUT2D eigenvalue weighted by molar-refractivity contribution is 4.91. The third-order valence-electron chi connectivity index (χ3n) is 3.24. The van der Waals surface area contributed by atoms with E-state index in [0.29, 0.717) is 12.0 Å². The minimum Gasteiger partial charge on any atom is -0.380 e. The van der Waals surface area contributed by atoms with Crippen molar-refractivity contribution in [3.63, 3.8) is 0 Å². The first kappa shape index (κ1) is 17.4. The van der Waals surface area contributed by atoms with Crippen molar-refractivity contribution in [2.75, 3.05) is 19.8 Å². The van der Waals surface area contributed by atoms with Gasteiger partial charge in [-0.15, -0.1) is 0 Å². The van der Waals surface area contributed by atoms with Crippen LogP contribution < -0.4 is 5.32 Å². The number of unbranched alkanes of at least 4 members (excludes halogenated alkanes) is 1. The quantitative estimate of drug-likeness (QED) is 0.608. The van der Waals surface area contributed by atoms with Gasteiger partial charge in [0, 0.05) is 12.6 Å². The molecule has 106 valence electrons. The van der Waals surface area contributed by atoms with E-state index in [1.165, 1.54) is 0 Å². The van der Waals surface area contributed by atoms with Gasteiger partial charge in [-0.25, -0.2) is 0 Å². The van der Waals surface area contributed by atoms with Gasteiger partial charge in [-0.05, 0) is 46.1 Å². The highest BCUT2D eigenvalue weighted by Crippen LogP contribution is 2.21. The molecule has 18 heavy (non-hydrogen) atoms. The summed E-state index contributed by atoms with van der Waals surface area (Å²) in [4.78, 5) is 0. The van der Waals surface area contributed by atoms with Crippen molar-refractivity contribution in [3.8, 4) is 6.07 Å². The lowest BCUT2D eigenvalue weighted by atomic mass is 9.89. The normalized spacial score (nSPS) is 13.6. The lowest BCUT2D eigenvalue weighted by Gasteiger charge is -2.22. The summed E-state index contributed by atoms with van der Waals surface area (Å²) in [6.45, 7) is 13.1. The Hall–Kier alpha value is -0.590. The molecule has 0 aromatic carbocycles. The van der Waals surface area contributed by atoms with Crippen LogP contribution in [0.15, 0.2) is 0 Å². The highest BCUT2D eigenvalue weighted by Gasteiger charge is 2.16. The Bertz CT molecular complexity index is 243. The average molecular weight is 254 g/mol. The number of rotatable bonds is 10. The minimum absolute atomic E-state index is 0.178. The van der Waals surface area contributed by atoms with Crippen LogP contribution in [-0.4, -0.2) is 25.8 Å². The molecular formula is C15H30N2O. The summed E-state index contributed by atoms with van der Waals surface area (Å²) in [5, 5.41) is 12.5. The maximum absolute atomic E-state index is 8.93. The molecule has 0 aliphatic carbocycles. The Morgan fingerprint density at radius 2 is 1.94 bits per heavy atom. The van der Waals surface area contributed by atoms with Gasteiger partial charge in [-0.1, -0.05) is 20.3 Å². The van der Waals surface area contributed by atoms with E-state index in [0.717, 1.165) is 39.0 Å². The second-order valence-corrected chi connectivity index (χ2v) is 5.92. The molecule has 0 saturated heterocycles. The van der Waals surface area contributed by atoms with Crippen molar-refractivity contribution in [1.82, 2.24) is 5.32 Å². The van der Waals surface area contributed by atoms with Gasteiger partial charge >= 0.3 is 0 Å². The van der Waals surface area contributed by atoms with Gasteiger partial charge in [-0.2, -0.15) is 5.26 Å². The first-order valence-corrected chi connectivity index (χ1v) is 7.15. The van der Waals surface area contributed by atoms with Gasteiger partial charge in [0.05, 0.1) is 18.1 Å². The molecule has 0 aromatic rings. The zero-order valence-corrected chi connectivity index (χ0v) is 12.8. The van der Waals surface area contributed by atoms with Crippen molar-refractivity contribution in [2.24, 2.45) is 11.3 Å². The van der Waals surface area contributed by atoms with Crippen LogP contribution in [0.25, 0.3) is 0 Å². The van der Waals surface area contributed by atoms with Crippen molar-refractivity contribution >= 4 is 0 Å². The molecule has 0 heterocycles. The molecule has 1 atom stereocenters. The molecule has 0 radical (unpaired) electrons. The van der Waals surface area contributed by atoms with E-state index in [2.05, 4.69) is 25.2 Å². The van der Waals surface area contributed by atoms with Gasteiger partial charge < -0.3 is 10.1 Å². The minimum atomic E-state index is -0.178. The molecule has 3 heteroatoms. The van der Waals surface area contributed by atoms with Gasteiger partial charge in [0.15, 0.2) is 0 Å². The van der Waals surface area contributed by atoms with Crippen LogP contribution in [0.5, 0.6) is 0 Å². The number of nitrogens with zero attached hydrogens (tertiary/aromatic N) is 1. The van der Waals surface area contributed by atoms with E-state index in [-0.39, 0.29) is 5.41 Å². The van der Waals surface area contributed by atoms with E-state index < -0.39 is 0 Å². The highest BCUT2D eigenvalue weighted by atomic mass is 16.5. The molecule has 0 amide bonds. The van der Waals surface area contributed by atoms with Crippen molar-refractivity contribution < 1.29 is 4.74 Å². The second kappa shape index (κ2) is 9.35. The van der Waals surface area contributed by atoms with Gasteiger partial charge in [0.2, 0.25) is 0 Å². The monoisotopic (exact) mass is 254 g/mol. The molecule has 0 aliphatic heterocycles. The first-order valence-electron chi connectivity index (χ1n) is 7.15. The predicted molar refractivity (Wildman–Crippen MR) is 76.4 cm³/mol. The van der Waals surface area contributed by atoms with E-state index in [1.807, 2.05) is 20.8 Å². The molecule has 0 aliphatic rings. The largest absolute Gasteiger partial charge is 0.380 e. The van der Waals surface area contributed by atoms with Gasteiger partial charge in [-0.3, -0.25) is 0 Å². The van der Waals surface area contributed by atoms with Crippen molar-refractivity contribution in [2.45, 2.75) is 59.9 Å². The molecule has 0 spiro atoms. The molecule has 3 nitrogen and oxygen atoms in total. The van der Waals surface area contributed by atoms with Crippen LogP contribution in [0, 0.1) is 22.7 Å². The fourth-order valence-electron chi connectivity index (χ4n) is 1.77. The zero-order chi connectivity index (χ0) is 14.0.